The first kappa shape index (κ1) is 41.1. The van der Waals surface area contributed by atoms with Gasteiger partial charge in [0.2, 0.25) is 5.91 Å². The average molecular weight is 784 g/mol. The average Bonchev–Trinajstić information content (AvgIpc) is 3.54. The number of carbonyl (C=O) groups excluding carboxylic acids is 4. The van der Waals surface area contributed by atoms with E-state index in [1.54, 1.807) is 86.8 Å². The van der Waals surface area contributed by atoms with Crippen LogP contribution in [0.15, 0.2) is 83.4 Å². The number of benzene rings is 3. The van der Waals surface area contributed by atoms with Gasteiger partial charge in [0.05, 0.1) is 31.6 Å². The summed E-state index contributed by atoms with van der Waals surface area (Å²) in [6.07, 6.45) is 4.65. The van der Waals surface area contributed by atoms with Crippen LogP contribution in [-0.2, 0) is 27.2 Å². The molecular formula is C43H49N3O7S2. The van der Waals surface area contributed by atoms with Crippen molar-refractivity contribution in [2.24, 2.45) is 11.3 Å². The number of thioether (sulfide) groups is 1. The van der Waals surface area contributed by atoms with Crippen molar-refractivity contribution in [2.45, 2.75) is 70.4 Å². The molecule has 2 atom stereocenters. The fourth-order valence-corrected chi connectivity index (χ4v) is 8.72. The Labute approximate surface area is 331 Å². The highest BCUT2D eigenvalue weighted by atomic mass is 32.2. The SMILES string of the molecule is CCOC(=O)c1c(NC(=O)C(CC)Sc2cccc(NC(=O)/C(=C\c3ccc(OC)cc3OC)NC(=O)c3ccccc3)c2)sc2c1CCC(C(C)(C)C)C2. The molecule has 1 heterocycles. The molecule has 0 saturated heterocycles. The third kappa shape index (κ3) is 10.4. The summed E-state index contributed by atoms with van der Waals surface area (Å²) in [7, 11) is 3.06. The third-order valence-corrected chi connectivity index (χ3v) is 12.0. The fraction of sp³-hybridized carbons (Fsp3) is 0.349. The fourth-order valence-electron chi connectivity index (χ4n) is 6.39. The lowest BCUT2D eigenvalue weighted by molar-refractivity contribution is -0.116. The summed E-state index contributed by atoms with van der Waals surface area (Å²) in [5, 5.41) is 8.79. The number of carbonyl (C=O) groups is 4. The largest absolute Gasteiger partial charge is 0.497 e. The molecule has 0 radical (unpaired) electrons. The first-order valence-electron chi connectivity index (χ1n) is 18.4. The van der Waals surface area contributed by atoms with E-state index in [0.29, 0.717) is 51.2 Å². The van der Waals surface area contributed by atoms with Crippen LogP contribution >= 0.6 is 23.1 Å². The van der Waals surface area contributed by atoms with Crippen LogP contribution in [0.4, 0.5) is 10.7 Å². The quantitative estimate of drug-likeness (QED) is 0.0656. The van der Waals surface area contributed by atoms with Gasteiger partial charge in [-0.1, -0.05) is 52.0 Å². The summed E-state index contributed by atoms with van der Waals surface area (Å²) in [6, 6.07) is 20.9. The molecule has 3 aromatic carbocycles. The third-order valence-electron chi connectivity index (χ3n) is 9.51. The van der Waals surface area contributed by atoms with Crippen molar-refractivity contribution in [2.75, 3.05) is 31.5 Å². The van der Waals surface area contributed by atoms with Crippen LogP contribution in [0, 0.1) is 11.3 Å². The van der Waals surface area contributed by atoms with Gasteiger partial charge in [0.25, 0.3) is 11.8 Å². The number of hydrogen-bond donors (Lipinski definition) is 3. The lowest BCUT2D eigenvalue weighted by Crippen LogP contribution is -2.30. The molecule has 55 heavy (non-hydrogen) atoms. The van der Waals surface area contributed by atoms with Gasteiger partial charge >= 0.3 is 5.97 Å². The highest BCUT2D eigenvalue weighted by Crippen LogP contribution is 2.45. The zero-order valence-electron chi connectivity index (χ0n) is 32.4. The summed E-state index contributed by atoms with van der Waals surface area (Å²) in [6.45, 7) is 10.7. The molecule has 0 saturated carbocycles. The summed E-state index contributed by atoms with van der Waals surface area (Å²) in [5.74, 6) is -0.149. The van der Waals surface area contributed by atoms with Gasteiger partial charge in [0.1, 0.15) is 22.2 Å². The molecule has 5 rings (SSSR count). The molecule has 3 N–H and O–H groups in total. The second kappa shape index (κ2) is 18.5. The van der Waals surface area contributed by atoms with Gasteiger partial charge in [-0.05, 0) is 98.0 Å². The van der Waals surface area contributed by atoms with Crippen LogP contribution in [0.5, 0.6) is 11.5 Å². The van der Waals surface area contributed by atoms with Crippen molar-refractivity contribution in [3.8, 4) is 11.5 Å². The standard InChI is InChI=1S/C43H49N3O7S2/c1-8-35(40(49)46-41-37(42(50)53-9-2)32-21-19-28(43(3,4)5)23-36(32)55-41)54-31-17-13-16-29(24-31)44-39(48)33(45-38(47)26-14-11-10-12-15-26)22-27-18-20-30(51-6)25-34(27)52-7/h10-18,20,22,24-25,28,35H,8-9,19,21,23H2,1-7H3,(H,44,48)(H,45,47)(H,46,49)/b33-22+. The van der Waals surface area contributed by atoms with E-state index in [9.17, 15) is 19.2 Å². The molecule has 0 spiro atoms. The number of hydrogen-bond acceptors (Lipinski definition) is 9. The first-order chi connectivity index (χ1) is 26.3. The maximum absolute atomic E-state index is 13.8. The lowest BCUT2D eigenvalue weighted by atomic mass is 9.72. The maximum Gasteiger partial charge on any atom is 0.341 e. The Hall–Kier alpha value is -5.07. The molecule has 4 aromatic rings. The normalized spacial score (nSPS) is 14.6. The number of ether oxygens (including phenoxy) is 3. The van der Waals surface area contributed by atoms with Crippen LogP contribution in [0.25, 0.3) is 6.08 Å². The van der Waals surface area contributed by atoms with Crippen molar-refractivity contribution < 1.29 is 33.4 Å². The molecule has 1 aliphatic carbocycles. The minimum atomic E-state index is -0.559. The van der Waals surface area contributed by atoms with Crippen molar-refractivity contribution in [3.05, 3.63) is 106 Å². The number of rotatable bonds is 14. The topological polar surface area (TPSA) is 132 Å². The van der Waals surface area contributed by atoms with Gasteiger partial charge < -0.3 is 30.2 Å². The van der Waals surface area contributed by atoms with Crippen LogP contribution in [0.2, 0.25) is 0 Å². The number of anilines is 2. The van der Waals surface area contributed by atoms with Crippen molar-refractivity contribution in [3.63, 3.8) is 0 Å². The highest BCUT2D eigenvalue weighted by molar-refractivity contribution is 8.00. The van der Waals surface area contributed by atoms with Gasteiger partial charge in [-0.15, -0.1) is 23.1 Å². The molecule has 3 amide bonds. The number of fused-ring (bicyclic) bond motifs is 1. The predicted octanol–water partition coefficient (Wildman–Crippen LogP) is 9.01. The molecule has 0 aliphatic heterocycles. The molecule has 1 aliphatic rings. The minimum Gasteiger partial charge on any atom is -0.497 e. The number of esters is 1. The Balaban J connectivity index is 1.35. The van der Waals surface area contributed by atoms with Gasteiger partial charge in [-0.3, -0.25) is 14.4 Å². The molecule has 0 fully saturated rings. The van der Waals surface area contributed by atoms with E-state index in [1.165, 1.54) is 30.2 Å². The number of amides is 3. The zero-order chi connectivity index (χ0) is 39.7. The zero-order valence-corrected chi connectivity index (χ0v) is 34.0. The highest BCUT2D eigenvalue weighted by Gasteiger charge is 2.35. The van der Waals surface area contributed by atoms with E-state index in [0.717, 1.165) is 34.6 Å². The Morgan fingerprint density at radius 2 is 1.71 bits per heavy atom. The molecule has 290 valence electrons. The molecule has 10 nitrogen and oxygen atoms in total. The number of nitrogens with one attached hydrogen (secondary N) is 3. The van der Waals surface area contributed by atoms with E-state index in [2.05, 4.69) is 36.7 Å². The van der Waals surface area contributed by atoms with Gasteiger partial charge in [0, 0.05) is 32.7 Å². The van der Waals surface area contributed by atoms with Gasteiger partial charge in [-0.25, -0.2) is 4.79 Å². The molecule has 1 aromatic heterocycles. The first-order valence-corrected chi connectivity index (χ1v) is 20.0. The van der Waals surface area contributed by atoms with Crippen LogP contribution in [0.3, 0.4) is 0 Å². The van der Waals surface area contributed by atoms with Crippen LogP contribution in [-0.4, -0.2) is 49.8 Å². The Morgan fingerprint density at radius 1 is 0.945 bits per heavy atom. The summed E-state index contributed by atoms with van der Waals surface area (Å²) in [4.78, 5) is 56.0. The van der Waals surface area contributed by atoms with Gasteiger partial charge in [-0.2, -0.15) is 0 Å². The van der Waals surface area contributed by atoms with E-state index in [1.807, 2.05) is 13.0 Å². The van der Waals surface area contributed by atoms with Crippen LogP contribution in [0.1, 0.15) is 84.2 Å². The molecule has 12 heteroatoms. The summed E-state index contributed by atoms with van der Waals surface area (Å²) >= 11 is 2.84. The lowest BCUT2D eigenvalue weighted by Gasteiger charge is -2.33. The van der Waals surface area contributed by atoms with E-state index in [-0.39, 0.29) is 23.6 Å². The molecule has 0 bridgehead atoms. The van der Waals surface area contributed by atoms with Crippen molar-refractivity contribution >= 4 is 63.6 Å². The Kier molecular flexibility index (Phi) is 13.8. The summed E-state index contributed by atoms with van der Waals surface area (Å²) in [5.41, 5.74) is 2.99. The van der Waals surface area contributed by atoms with Gasteiger partial charge in [0.15, 0.2) is 0 Å². The Morgan fingerprint density at radius 3 is 2.38 bits per heavy atom. The smallest absolute Gasteiger partial charge is 0.341 e. The monoisotopic (exact) mass is 783 g/mol. The minimum absolute atomic E-state index is 0.00828. The van der Waals surface area contributed by atoms with E-state index >= 15 is 0 Å². The van der Waals surface area contributed by atoms with Crippen LogP contribution < -0.4 is 25.4 Å². The van der Waals surface area contributed by atoms with E-state index in [4.69, 9.17) is 14.2 Å². The number of methoxy groups -OCH3 is 2. The Bertz CT molecular complexity index is 2050. The maximum atomic E-state index is 13.8. The molecule has 2 unspecified atom stereocenters. The van der Waals surface area contributed by atoms with Crippen molar-refractivity contribution in [1.29, 1.82) is 0 Å². The second-order valence-corrected chi connectivity index (χ2v) is 16.6. The van der Waals surface area contributed by atoms with Crippen molar-refractivity contribution in [1.82, 2.24) is 5.32 Å². The molecular weight excluding hydrogens is 735 g/mol. The predicted molar refractivity (Wildman–Crippen MR) is 220 cm³/mol. The second-order valence-electron chi connectivity index (χ2n) is 14.2. The summed E-state index contributed by atoms with van der Waals surface area (Å²) < 4.78 is 16.3. The number of thiophene rings is 1. The van der Waals surface area contributed by atoms with E-state index < -0.39 is 23.0 Å².